The smallest absolute Gasteiger partial charge is 0.124 e. The number of benzene rings is 1. The monoisotopic (exact) mass is 265 g/mol. The summed E-state index contributed by atoms with van der Waals surface area (Å²) in [6.45, 7) is 8.47. The SMILES string of the molecule is CCCCOCCOc1cc(C)ccc1C(C)NC. The summed E-state index contributed by atoms with van der Waals surface area (Å²) in [6.07, 6.45) is 2.29. The predicted molar refractivity (Wildman–Crippen MR) is 79.9 cm³/mol. The molecule has 0 saturated heterocycles. The number of nitrogens with one attached hydrogen (secondary N) is 1. The molecule has 1 atom stereocenters. The molecular weight excluding hydrogens is 238 g/mol. The molecule has 1 unspecified atom stereocenters. The van der Waals surface area contributed by atoms with Gasteiger partial charge in [0.05, 0.1) is 6.61 Å². The van der Waals surface area contributed by atoms with Gasteiger partial charge in [0.2, 0.25) is 0 Å². The molecule has 3 nitrogen and oxygen atoms in total. The van der Waals surface area contributed by atoms with Crippen LogP contribution in [0.4, 0.5) is 0 Å². The molecule has 0 aromatic heterocycles. The van der Waals surface area contributed by atoms with Crippen LogP contribution in [0, 0.1) is 6.92 Å². The molecule has 1 aromatic carbocycles. The Balaban J connectivity index is 2.49. The topological polar surface area (TPSA) is 30.5 Å². The summed E-state index contributed by atoms with van der Waals surface area (Å²) >= 11 is 0. The van der Waals surface area contributed by atoms with Crippen molar-refractivity contribution in [2.75, 3.05) is 26.9 Å². The van der Waals surface area contributed by atoms with Crippen molar-refractivity contribution in [3.63, 3.8) is 0 Å². The third kappa shape index (κ3) is 5.62. The van der Waals surface area contributed by atoms with Crippen LogP contribution in [0.3, 0.4) is 0 Å². The molecule has 0 aliphatic carbocycles. The van der Waals surface area contributed by atoms with Crippen molar-refractivity contribution >= 4 is 0 Å². The van der Waals surface area contributed by atoms with Crippen LogP contribution in [0.2, 0.25) is 0 Å². The Labute approximate surface area is 117 Å². The minimum Gasteiger partial charge on any atom is -0.491 e. The first kappa shape index (κ1) is 16.0. The molecule has 1 N–H and O–H groups in total. The first-order valence-corrected chi connectivity index (χ1v) is 7.17. The van der Waals surface area contributed by atoms with Gasteiger partial charge in [-0.2, -0.15) is 0 Å². The average molecular weight is 265 g/mol. The summed E-state index contributed by atoms with van der Waals surface area (Å²) in [6, 6.07) is 6.63. The van der Waals surface area contributed by atoms with Gasteiger partial charge in [-0.15, -0.1) is 0 Å². The fourth-order valence-corrected chi connectivity index (χ4v) is 1.84. The molecule has 0 heterocycles. The molecule has 0 spiro atoms. The Morgan fingerprint density at radius 2 is 2.00 bits per heavy atom. The summed E-state index contributed by atoms with van der Waals surface area (Å²) in [5.74, 6) is 0.959. The highest BCUT2D eigenvalue weighted by Gasteiger charge is 2.10. The molecule has 0 aliphatic rings. The third-order valence-electron chi connectivity index (χ3n) is 3.20. The highest BCUT2D eigenvalue weighted by molar-refractivity contribution is 5.39. The summed E-state index contributed by atoms with van der Waals surface area (Å²) in [7, 11) is 1.96. The van der Waals surface area contributed by atoms with Crippen LogP contribution < -0.4 is 10.1 Å². The zero-order valence-corrected chi connectivity index (χ0v) is 12.7. The highest BCUT2D eigenvalue weighted by Crippen LogP contribution is 2.26. The standard InChI is InChI=1S/C16H27NO2/c1-5-6-9-18-10-11-19-16-12-13(2)7-8-15(16)14(3)17-4/h7-8,12,14,17H,5-6,9-11H2,1-4H3. The Bertz CT molecular complexity index is 366. The van der Waals surface area contributed by atoms with E-state index in [0.29, 0.717) is 13.2 Å². The molecule has 1 rings (SSSR count). The van der Waals surface area contributed by atoms with Gasteiger partial charge in [0.1, 0.15) is 12.4 Å². The first-order valence-electron chi connectivity index (χ1n) is 7.17. The van der Waals surface area contributed by atoms with E-state index >= 15 is 0 Å². The number of hydrogen-bond donors (Lipinski definition) is 1. The summed E-state index contributed by atoms with van der Waals surface area (Å²) in [5.41, 5.74) is 2.41. The zero-order chi connectivity index (χ0) is 14.1. The van der Waals surface area contributed by atoms with Crippen LogP contribution in [0.15, 0.2) is 18.2 Å². The lowest BCUT2D eigenvalue weighted by Crippen LogP contribution is -2.15. The van der Waals surface area contributed by atoms with E-state index in [2.05, 4.69) is 44.3 Å². The maximum atomic E-state index is 5.86. The van der Waals surface area contributed by atoms with Crippen molar-refractivity contribution in [2.45, 2.75) is 39.7 Å². The highest BCUT2D eigenvalue weighted by atomic mass is 16.5. The van der Waals surface area contributed by atoms with Gasteiger partial charge in [0.15, 0.2) is 0 Å². The van der Waals surface area contributed by atoms with Gasteiger partial charge in [-0.25, -0.2) is 0 Å². The fraction of sp³-hybridized carbons (Fsp3) is 0.625. The minimum atomic E-state index is 0.289. The second kappa shape index (κ2) is 8.94. The molecule has 0 radical (unpaired) electrons. The Morgan fingerprint density at radius 1 is 1.21 bits per heavy atom. The lowest BCUT2D eigenvalue weighted by Gasteiger charge is -2.17. The van der Waals surface area contributed by atoms with E-state index < -0.39 is 0 Å². The van der Waals surface area contributed by atoms with Crippen LogP contribution in [0.5, 0.6) is 5.75 Å². The van der Waals surface area contributed by atoms with Crippen molar-refractivity contribution in [1.82, 2.24) is 5.32 Å². The number of aryl methyl sites for hydroxylation is 1. The Hall–Kier alpha value is -1.06. The second-order valence-corrected chi connectivity index (χ2v) is 4.87. The van der Waals surface area contributed by atoms with Crippen LogP contribution in [-0.2, 0) is 4.74 Å². The molecule has 0 saturated carbocycles. The van der Waals surface area contributed by atoms with Crippen LogP contribution in [0.1, 0.15) is 43.9 Å². The van der Waals surface area contributed by atoms with Crippen LogP contribution >= 0.6 is 0 Å². The van der Waals surface area contributed by atoms with E-state index in [-0.39, 0.29) is 6.04 Å². The van der Waals surface area contributed by atoms with Gasteiger partial charge in [-0.05, 0) is 38.9 Å². The van der Waals surface area contributed by atoms with Crippen molar-refractivity contribution in [2.24, 2.45) is 0 Å². The normalized spacial score (nSPS) is 12.4. The van der Waals surface area contributed by atoms with Gasteiger partial charge >= 0.3 is 0 Å². The Morgan fingerprint density at radius 3 is 2.68 bits per heavy atom. The van der Waals surface area contributed by atoms with Crippen LogP contribution in [-0.4, -0.2) is 26.9 Å². The first-order chi connectivity index (χ1) is 9.19. The Kier molecular flexibility index (Phi) is 7.53. The molecule has 0 bridgehead atoms. The molecule has 0 amide bonds. The second-order valence-electron chi connectivity index (χ2n) is 4.87. The number of rotatable bonds is 9. The molecule has 3 heteroatoms. The maximum Gasteiger partial charge on any atom is 0.124 e. The molecule has 19 heavy (non-hydrogen) atoms. The predicted octanol–water partition coefficient (Wildman–Crippen LogP) is 3.47. The molecule has 0 fully saturated rings. The number of unbranched alkanes of at least 4 members (excludes halogenated alkanes) is 1. The van der Waals surface area contributed by atoms with Gasteiger partial charge in [0, 0.05) is 18.2 Å². The minimum absolute atomic E-state index is 0.289. The molecule has 108 valence electrons. The summed E-state index contributed by atoms with van der Waals surface area (Å²) in [4.78, 5) is 0. The maximum absolute atomic E-state index is 5.86. The van der Waals surface area contributed by atoms with Crippen LogP contribution in [0.25, 0.3) is 0 Å². The zero-order valence-electron chi connectivity index (χ0n) is 12.7. The fourth-order valence-electron chi connectivity index (χ4n) is 1.84. The third-order valence-corrected chi connectivity index (χ3v) is 3.20. The van der Waals surface area contributed by atoms with E-state index in [9.17, 15) is 0 Å². The van der Waals surface area contributed by atoms with Crippen molar-refractivity contribution in [3.05, 3.63) is 29.3 Å². The quantitative estimate of drug-likeness (QED) is 0.693. The van der Waals surface area contributed by atoms with E-state index in [1.165, 1.54) is 17.5 Å². The summed E-state index contributed by atoms with van der Waals surface area (Å²) < 4.78 is 11.4. The van der Waals surface area contributed by atoms with E-state index in [1.54, 1.807) is 0 Å². The van der Waals surface area contributed by atoms with Gasteiger partial charge in [-0.1, -0.05) is 25.5 Å². The van der Waals surface area contributed by atoms with Crippen molar-refractivity contribution in [3.8, 4) is 5.75 Å². The van der Waals surface area contributed by atoms with E-state index in [1.807, 2.05) is 7.05 Å². The summed E-state index contributed by atoms with van der Waals surface area (Å²) in [5, 5.41) is 3.25. The average Bonchev–Trinajstić information content (AvgIpc) is 2.42. The van der Waals surface area contributed by atoms with Gasteiger partial charge < -0.3 is 14.8 Å². The lowest BCUT2D eigenvalue weighted by molar-refractivity contribution is 0.0975. The molecule has 1 aromatic rings. The largest absolute Gasteiger partial charge is 0.491 e. The molecule has 0 aliphatic heterocycles. The number of ether oxygens (including phenoxy) is 2. The van der Waals surface area contributed by atoms with Crippen molar-refractivity contribution in [1.29, 1.82) is 0 Å². The van der Waals surface area contributed by atoms with E-state index in [4.69, 9.17) is 9.47 Å². The lowest BCUT2D eigenvalue weighted by atomic mass is 10.1. The van der Waals surface area contributed by atoms with Gasteiger partial charge in [0.25, 0.3) is 0 Å². The van der Waals surface area contributed by atoms with E-state index in [0.717, 1.165) is 18.8 Å². The van der Waals surface area contributed by atoms with Crippen molar-refractivity contribution < 1.29 is 9.47 Å². The van der Waals surface area contributed by atoms with Gasteiger partial charge in [-0.3, -0.25) is 0 Å². The molecular formula is C16H27NO2. The number of hydrogen-bond acceptors (Lipinski definition) is 3.